The summed E-state index contributed by atoms with van der Waals surface area (Å²) in [4.78, 5) is 31.7. The van der Waals surface area contributed by atoms with Crippen LogP contribution in [0.3, 0.4) is 0 Å². The molecule has 0 heterocycles. The molecule has 0 aliphatic carbocycles. The number of benzene rings is 4. The van der Waals surface area contributed by atoms with E-state index in [-0.39, 0.29) is 0 Å². The van der Waals surface area contributed by atoms with E-state index < -0.39 is 18.5 Å². The van der Waals surface area contributed by atoms with Crippen molar-refractivity contribution in [2.75, 3.05) is 13.2 Å². The first-order chi connectivity index (χ1) is 23.3. The van der Waals surface area contributed by atoms with Crippen LogP contribution in [0.4, 0.5) is 14.4 Å². The minimum Gasteiger partial charge on any atom is -0.450 e. The Bertz CT molecular complexity index is 1330. The fourth-order valence-electron chi connectivity index (χ4n) is 4.31. The van der Waals surface area contributed by atoms with Gasteiger partial charge in [0.25, 0.3) is 0 Å². The van der Waals surface area contributed by atoms with E-state index in [0.717, 1.165) is 60.8 Å². The molecule has 0 saturated heterocycles. The van der Waals surface area contributed by atoms with Gasteiger partial charge in [-0.05, 0) is 59.4 Å². The van der Waals surface area contributed by atoms with Crippen LogP contribution in [-0.4, -0.2) is 41.9 Å². The molecular formula is C39H46O9. The molecule has 0 bridgehead atoms. The van der Waals surface area contributed by atoms with Crippen LogP contribution in [0, 0.1) is 0 Å². The van der Waals surface area contributed by atoms with Crippen LogP contribution >= 0.6 is 0 Å². The van der Waals surface area contributed by atoms with Gasteiger partial charge in [0, 0.05) is 0 Å². The van der Waals surface area contributed by atoms with Crippen LogP contribution in [0.2, 0.25) is 0 Å². The maximum absolute atomic E-state index is 11.6. The molecule has 256 valence electrons. The van der Waals surface area contributed by atoms with E-state index in [0.29, 0.717) is 24.7 Å². The van der Waals surface area contributed by atoms with E-state index in [1.165, 1.54) is 12.8 Å². The molecule has 4 aromatic rings. The van der Waals surface area contributed by atoms with Gasteiger partial charge in [0.05, 0.1) is 13.2 Å². The Morgan fingerprint density at radius 3 is 1.08 bits per heavy atom. The van der Waals surface area contributed by atoms with E-state index in [1.807, 2.05) is 84.9 Å². The summed E-state index contributed by atoms with van der Waals surface area (Å²) in [7, 11) is 0. The van der Waals surface area contributed by atoms with Crippen molar-refractivity contribution in [3.8, 4) is 33.8 Å². The molecule has 0 aromatic heterocycles. The summed E-state index contributed by atoms with van der Waals surface area (Å²) in [5.41, 5.74) is 4.43. The molecule has 0 aliphatic rings. The number of carbonyl (C=O) groups excluding carboxylic acids is 2. The zero-order valence-corrected chi connectivity index (χ0v) is 27.7. The van der Waals surface area contributed by atoms with Crippen LogP contribution in [0.25, 0.3) is 22.3 Å². The van der Waals surface area contributed by atoms with Crippen molar-refractivity contribution in [1.82, 2.24) is 0 Å². The number of carbonyl (C=O) groups is 3. The topological polar surface area (TPSA) is 129 Å². The molecule has 0 unspecified atom stereocenters. The average Bonchev–Trinajstić information content (AvgIpc) is 3.09. The largest absolute Gasteiger partial charge is 0.513 e. The fraction of sp³-hybridized carbons (Fsp3) is 0.308. The quantitative estimate of drug-likeness (QED) is 0.0772. The summed E-state index contributed by atoms with van der Waals surface area (Å²) in [6.07, 6.45) is 5.49. The van der Waals surface area contributed by atoms with Crippen LogP contribution in [0.5, 0.6) is 11.5 Å². The van der Waals surface area contributed by atoms with Gasteiger partial charge in [-0.1, -0.05) is 137 Å². The second kappa shape index (κ2) is 23.9. The molecule has 9 heteroatoms. The molecular weight excluding hydrogens is 612 g/mol. The minimum absolute atomic E-state index is 0.418. The van der Waals surface area contributed by atoms with Gasteiger partial charge in [-0.25, -0.2) is 14.4 Å². The van der Waals surface area contributed by atoms with Gasteiger partial charge in [0.15, 0.2) is 0 Å². The second-order valence-electron chi connectivity index (χ2n) is 10.6. The summed E-state index contributed by atoms with van der Waals surface area (Å²) in [6.45, 7) is 5.13. The zero-order chi connectivity index (χ0) is 34.8. The Hall–Kier alpha value is -5.31. The smallest absolute Gasteiger partial charge is 0.450 e. The van der Waals surface area contributed by atoms with Crippen molar-refractivity contribution < 1.29 is 43.5 Å². The summed E-state index contributed by atoms with van der Waals surface area (Å²) < 4.78 is 20.4. The number of carboxylic acid groups (broad SMARTS) is 2. The van der Waals surface area contributed by atoms with Crippen molar-refractivity contribution in [2.45, 2.75) is 65.2 Å². The lowest BCUT2D eigenvalue weighted by atomic mass is 10.1. The monoisotopic (exact) mass is 658 g/mol. The highest BCUT2D eigenvalue weighted by Crippen LogP contribution is 2.23. The average molecular weight is 659 g/mol. The summed E-state index contributed by atoms with van der Waals surface area (Å²) >= 11 is 0. The third-order valence-electron chi connectivity index (χ3n) is 6.76. The molecule has 0 saturated carbocycles. The highest BCUT2D eigenvalue weighted by atomic mass is 16.7. The molecule has 0 aliphatic heterocycles. The number of hydrogen-bond acceptors (Lipinski definition) is 7. The molecule has 9 nitrogen and oxygen atoms in total. The van der Waals surface area contributed by atoms with Gasteiger partial charge < -0.3 is 29.2 Å². The summed E-state index contributed by atoms with van der Waals surface area (Å²) in [6, 6.07) is 35.0. The van der Waals surface area contributed by atoms with Crippen molar-refractivity contribution in [3.63, 3.8) is 0 Å². The Balaban J connectivity index is 0.000000300. The van der Waals surface area contributed by atoms with Gasteiger partial charge >= 0.3 is 18.5 Å². The van der Waals surface area contributed by atoms with Gasteiger partial charge in [-0.15, -0.1) is 0 Å². The number of hydrogen-bond donors (Lipinski definition) is 2. The van der Waals surface area contributed by atoms with Gasteiger partial charge in [0.2, 0.25) is 0 Å². The first-order valence-electron chi connectivity index (χ1n) is 16.2. The maximum Gasteiger partial charge on any atom is 0.513 e. The normalized spacial score (nSPS) is 9.88. The number of rotatable bonds is 14. The van der Waals surface area contributed by atoms with E-state index >= 15 is 0 Å². The standard InChI is InChI=1S/2C19H22O3.CH2O3/c2*1-2-3-4-8-15-21-19(20)22-18-13-11-17(12-14-18)16-9-6-5-7-10-16;2-1(3)4/h2*5-7,9-14H,2-4,8,15H2,1H3;(H2,2,3,4). The maximum atomic E-state index is 11.6. The van der Waals surface area contributed by atoms with Gasteiger partial charge in [-0.3, -0.25) is 0 Å². The fourth-order valence-corrected chi connectivity index (χ4v) is 4.31. The summed E-state index contributed by atoms with van der Waals surface area (Å²) in [5, 5.41) is 13.9. The number of ether oxygens (including phenoxy) is 4. The molecule has 4 rings (SSSR count). The van der Waals surface area contributed by atoms with Crippen LogP contribution in [-0.2, 0) is 9.47 Å². The Labute approximate surface area is 283 Å². The second-order valence-corrected chi connectivity index (χ2v) is 10.6. The highest BCUT2D eigenvalue weighted by Gasteiger charge is 2.07. The Kier molecular flexibility index (Phi) is 19.4. The predicted octanol–water partition coefficient (Wildman–Crippen LogP) is 11.1. The Morgan fingerprint density at radius 1 is 0.458 bits per heavy atom. The lowest BCUT2D eigenvalue weighted by molar-refractivity contribution is 0.0962. The van der Waals surface area contributed by atoms with Crippen LogP contribution < -0.4 is 9.47 Å². The Morgan fingerprint density at radius 2 is 0.771 bits per heavy atom. The van der Waals surface area contributed by atoms with E-state index in [2.05, 4.69) is 13.8 Å². The molecule has 2 N–H and O–H groups in total. The predicted molar refractivity (Wildman–Crippen MR) is 187 cm³/mol. The molecule has 0 atom stereocenters. The first-order valence-corrected chi connectivity index (χ1v) is 16.2. The lowest BCUT2D eigenvalue weighted by Crippen LogP contribution is -2.11. The first kappa shape index (κ1) is 38.9. The molecule has 0 fully saturated rings. The SMILES string of the molecule is CCCCCCOC(=O)Oc1ccc(-c2ccccc2)cc1.CCCCCCOC(=O)Oc1ccc(-c2ccccc2)cc1.O=C(O)O. The van der Waals surface area contributed by atoms with E-state index in [9.17, 15) is 9.59 Å². The van der Waals surface area contributed by atoms with Gasteiger partial charge in [-0.2, -0.15) is 0 Å². The molecule has 0 radical (unpaired) electrons. The number of unbranched alkanes of at least 4 members (excludes halogenated alkanes) is 6. The van der Waals surface area contributed by atoms with E-state index in [4.69, 9.17) is 34.0 Å². The molecule has 4 aromatic carbocycles. The molecule has 0 amide bonds. The van der Waals surface area contributed by atoms with Crippen molar-refractivity contribution >= 4 is 18.5 Å². The third kappa shape index (κ3) is 17.4. The van der Waals surface area contributed by atoms with Gasteiger partial charge in [0.1, 0.15) is 11.5 Å². The van der Waals surface area contributed by atoms with Crippen LogP contribution in [0.1, 0.15) is 65.2 Å². The third-order valence-corrected chi connectivity index (χ3v) is 6.76. The van der Waals surface area contributed by atoms with Crippen molar-refractivity contribution in [1.29, 1.82) is 0 Å². The summed E-state index contributed by atoms with van der Waals surface area (Å²) in [5.74, 6) is 0.997. The van der Waals surface area contributed by atoms with E-state index in [1.54, 1.807) is 24.3 Å². The molecule has 48 heavy (non-hydrogen) atoms. The lowest BCUT2D eigenvalue weighted by Gasteiger charge is -2.07. The molecule has 0 spiro atoms. The minimum atomic E-state index is -1.83. The van der Waals surface area contributed by atoms with Crippen molar-refractivity contribution in [2.24, 2.45) is 0 Å². The zero-order valence-electron chi connectivity index (χ0n) is 27.7. The van der Waals surface area contributed by atoms with Crippen LogP contribution in [0.15, 0.2) is 109 Å². The van der Waals surface area contributed by atoms with Crippen molar-refractivity contribution in [3.05, 3.63) is 109 Å². The highest BCUT2D eigenvalue weighted by molar-refractivity contribution is 5.68.